The zero-order chi connectivity index (χ0) is 11.1. The largest absolute Gasteiger partial charge is 0.469 e. The molecule has 0 aromatic rings. The third-order valence-electron chi connectivity index (χ3n) is 2.44. The molecule has 0 saturated carbocycles. The first kappa shape index (κ1) is 12.2. The molecule has 1 saturated heterocycles. The molecule has 86 valence electrons. The number of hydrogen-bond donors (Lipinski definition) is 0. The van der Waals surface area contributed by atoms with Crippen LogP contribution in [0, 0.1) is 0 Å². The Morgan fingerprint density at radius 3 is 3.13 bits per heavy atom. The summed E-state index contributed by atoms with van der Waals surface area (Å²) in [5, 5.41) is 0. The number of methoxy groups -OCH3 is 1. The average Bonchev–Trinajstić information content (AvgIpc) is 2.26. The highest BCUT2D eigenvalue weighted by atomic mass is 16.5. The fourth-order valence-electron chi connectivity index (χ4n) is 1.59. The second kappa shape index (κ2) is 6.58. The Hall–Kier alpha value is -0.870. The normalized spacial score (nSPS) is 23.2. The number of allylic oxidation sites excluding steroid dienone is 1. The smallest absolute Gasteiger partial charge is 0.308 e. The lowest BCUT2D eigenvalue weighted by atomic mass is 10.2. The molecule has 0 aromatic heterocycles. The molecule has 1 unspecified atom stereocenters. The van der Waals surface area contributed by atoms with Crippen molar-refractivity contribution in [1.29, 1.82) is 0 Å². The van der Waals surface area contributed by atoms with Crippen LogP contribution in [0.2, 0.25) is 0 Å². The van der Waals surface area contributed by atoms with Gasteiger partial charge in [0.05, 0.1) is 26.2 Å². The van der Waals surface area contributed by atoms with Crippen LogP contribution in [0.25, 0.3) is 0 Å². The molecule has 0 aromatic carbocycles. The lowest BCUT2D eigenvalue weighted by Crippen LogP contribution is -2.43. The summed E-state index contributed by atoms with van der Waals surface area (Å²) in [6.07, 6.45) is 4.48. The predicted octanol–water partition coefficient (Wildman–Crippen LogP) is 0.826. The van der Waals surface area contributed by atoms with Gasteiger partial charge in [-0.3, -0.25) is 9.69 Å². The Balaban J connectivity index is 2.31. The molecule has 0 bridgehead atoms. The van der Waals surface area contributed by atoms with Gasteiger partial charge in [-0.15, -0.1) is 0 Å². The van der Waals surface area contributed by atoms with E-state index >= 15 is 0 Å². The summed E-state index contributed by atoms with van der Waals surface area (Å²) in [4.78, 5) is 13.3. The minimum Gasteiger partial charge on any atom is -0.469 e. The third-order valence-corrected chi connectivity index (χ3v) is 2.44. The molecular formula is C11H19NO3. The number of hydrogen-bond acceptors (Lipinski definition) is 4. The van der Waals surface area contributed by atoms with Gasteiger partial charge >= 0.3 is 5.97 Å². The summed E-state index contributed by atoms with van der Waals surface area (Å²) in [5.41, 5.74) is 0. The molecule has 1 fully saturated rings. The fourth-order valence-corrected chi connectivity index (χ4v) is 1.59. The average molecular weight is 213 g/mol. The SMILES string of the molecule is C/C=C/CN1CCOC(CC(=O)OC)C1. The van der Waals surface area contributed by atoms with Crippen LogP contribution >= 0.6 is 0 Å². The van der Waals surface area contributed by atoms with Gasteiger partial charge in [0.15, 0.2) is 0 Å². The first-order valence-electron chi connectivity index (χ1n) is 5.28. The van der Waals surface area contributed by atoms with E-state index in [-0.39, 0.29) is 12.1 Å². The predicted molar refractivity (Wildman–Crippen MR) is 57.6 cm³/mol. The molecule has 0 N–H and O–H groups in total. The van der Waals surface area contributed by atoms with Gasteiger partial charge in [-0.2, -0.15) is 0 Å². The molecule has 0 radical (unpaired) electrons. The molecule has 4 nitrogen and oxygen atoms in total. The summed E-state index contributed by atoms with van der Waals surface area (Å²) in [7, 11) is 1.41. The van der Waals surface area contributed by atoms with Crippen LogP contribution in [-0.4, -0.2) is 50.3 Å². The third kappa shape index (κ3) is 4.44. The van der Waals surface area contributed by atoms with Gasteiger partial charge in [-0.05, 0) is 6.92 Å². The van der Waals surface area contributed by atoms with Crippen LogP contribution in [0.5, 0.6) is 0 Å². The van der Waals surface area contributed by atoms with E-state index in [1.807, 2.05) is 13.0 Å². The number of esters is 1. The van der Waals surface area contributed by atoms with E-state index in [1.165, 1.54) is 7.11 Å². The lowest BCUT2D eigenvalue weighted by Gasteiger charge is -2.31. The Kier molecular flexibility index (Phi) is 5.36. The van der Waals surface area contributed by atoms with E-state index in [2.05, 4.69) is 15.7 Å². The van der Waals surface area contributed by atoms with E-state index in [1.54, 1.807) is 0 Å². The van der Waals surface area contributed by atoms with Gasteiger partial charge in [0, 0.05) is 19.6 Å². The number of carbonyl (C=O) groups excluding carboxylic acids is 1. The monoisotopic (exact) mass is 213 g/mol. The van der Waals surface area contributed by atoms with Gasteiger partial charge < -0.3 is 9.47 Å². The van der Waals surface area contributed by atoms with Gasteiger partial charge in [-0.25, -0.2) is 0 Å². The Morgan fingerprint density at radius 2 is 2.47 bits per heavy atom. The maximum absolute atomic E-state index is 11.1. The van der Waals surface area contributed by atoms with Crippen molar-refractivity contribution in [3.8, 4) is 0 Å². The number of ether oxygens (including phenoxy) is 2. The second-order valence-electron chi connectivity index (χ2n) is 3.60. The first-order valence-corrected chi connectivity index (χ1v) is 5.28. The van der Waals surface area contributed by atoms with E-state index in [0.717, 1.165) is 19.6 Å². The maximum atomic E-state index is 11.1. The standard InChI is InChI=1S/C11H19NO3/c1-3-4-5-12-6-7-15-10(9-12)8-11(13)14-2/h3-4,10H,5-9H2,1-2H3/b4-3+. The molecule has 1 aliphatic heterocycles. The highest BCUT2D eigenvalue weighted by Crippen LogP contribution is 2.09. The molecule has 1 heterocycles. The van der Waals surface area contributed by atoms with Crippen molar-refractivity contribution in [2.45, 2.75) is 19.4 Å². The van der Waals surface area contributed by atoms with Crippen LogP contribution in [0.15, 0.2) is 12.2 Å². The van der Waals surface area contributed by atoms with Crippen molar-refractivity contribution < 1.29 is 14.3 Å². The van der Waals surface area contributed by atoms with Crippen molar-refractivity contribution >= 4 is 5.97 Å². The van der Waals surface area contributed by atoms with Gasteiger partial charge in [0.2, 0.25) is 0 Å². The second-order valence-corrected chi connectivity index (χ2v) is 3.60. The van der Waals surface area contributed by atoms with Crippen molar-refractivity contribution in [1.82, 2.24) is 4.90 Å². The Labute approximate surface area is 90.8 Å². The summed E-state index contributed by atoms with van der Waals surface area (Å²) in [5.74, 6) is -0.201. The van der Waals surface area contributed by atoms with Crippen LogP contribution in [0.1, 0.15) is 13.3 Å². The van der Waals surface area contributed by atoms with Crippen molar-refractivity contribution in [2.75, 3.05) is 33.4 Å². The highest BCUT2D eigenvalue weighted by Gasteiger charge is 2.22. The molecule has 1 aliphatic rings. The van der Waals surface area contributed by atoms with Gasteiger partial charge in [0.1, 0.15) is 0 Å². The van der Waals surface area contributed by atoms with Crippen LogP contribution in [0.3, 0.4) is 0 Å². The van der Waals surface area contributed by atoms with Crippen molar-refractivity contribution in [3.63, 3.8) is 0 Å². The maximum Gasteiger partial charge on any atom is 0.308 e. The first-order chi connectivity index (χ1) is 7.26. The molecular weight excluding hydrogens is 194 g/mol. The number of nitrogens with zero attached hydrogens (tertiary/aromatic N) is 1. The topological polar surface area (TPSA) is 38.8 Å². The molecule has 1 atom stereocenters. The summed E-state index contributed by atoms with van der Waals surface area (Å²) < 4.78 is 10.1. The number of morpholine rings is 1. The molecule has 0 aliphatic carbocycles. The van der Waals surface area contributed by atoms with E-state index < -0.39 is 0 Å². The molecule has 15 heavy (non-hydrogen) atoms. The number of carbonyl (C=O) groups is 1. The summed E-state index contributed by atoms with van der Waals surface area (Å²) in [6.45, 7) is 5.37. The quantitative estimate of drug-likeness (QED) is 0.512. The molecule has 1 rings (SSSR count). The van der Waals surface area contributed by atoms with Gasteiger partial charge in [-0.1, -0.05) is 12.2 Å². The Morgan fingerprint density at radius 1 is 1.67 bits per heavy atom. The minimum absolute atomic E-state index is 0.0172. The number of rotatable bonds is 4. The van der Waals surface area contributed by atoms with E-state index in [9.17, 15) is 4.79 Å². The summed E-state index contributed by atoms with van der Waals surface area (Å²) >= 11 is 0. The molecule has 0 spiro atoms. The van der Waals surface area contributed by atoms with Crippen LogP contribution in [0.4, 0.5) is 0 Å². The fraction of sp³-hybridized carbons (Fsp3) is 0.727. The van der Waals surface area contributed by atoms with Gasteiger partial charge in [0.25, 0.3) is 0 Å². The highest BCUT2D eigenvalue weighted by molar-refractivity contribution is 5.69. The van der Waals surface area contributed by atoms with Crippen LogP contribution < -0.4 is 0 Å². The van der Waals surface area contributed by atoms with Crippen molar-refractivity contribution in [2.24, 2.45) is 0 Å². The zero-order valence-corrected chi connectivity index (χ0v) is 9.44. The summed E-state index contributed by atoms with van der Waals surface area (Å²) in [6, 6.07) is 0. The van der Waals surface area contributed by atoms with Crippen LogP contribution in [-0.2, 0) is 14.3 Å². The lowest BCUT2D eigenvalue weighted by molar-refractivity contribution is -0.145. The van der Waals surface area contributed by atoms with E-state index in [4.69, 9.17) is 4.74 Å². The minimum atomic E-state index is -0.201. The van der Waals surface area contributed by atoms with Crippen molar-refractivity contribution in [3.05, 3.63) is 12.2 Å². The molecule has 4 heteroatoms. The van der Waals surface area contributed by atoms with E-state index in [0.29, 0.717) is 13.0 Å². The Bertz CT molecular complexity index is 228. The zero-order valence-electron chi connectivity index (χ0n) is 9.44. The molecule has 0 amide bonds.